The van der Waals surface area contributed by atoms with E-state index in [2.05, 4.69) is 17.9 Å². The van der Waals surface area contributed by atoms with Crippen LogP contribution in [0.25, 0.3) is 0 Å². The van der Waals surface area contributed by atoms with Crippen LogP contribution in [0.4, 0.5) is 17.1 Å². The molecule has 2 aromatic carbocycles. The van der Waals surface area contributed by atoms with Gasteiger partial charge in [0.15, 0.2) is 0 Å². The van der Waals surface area contributed by atoms with Crippen LogP contribution < -0.4 is 10.6 Å². The highest BCUT2D eigenvalue weighted by Crippen LogP contribution is 2.30. The maximum atomic E-state index is 8.85. The zero-order valence-electron chi connectivity index (χ0n) is 10.3. The van der Waals surface area contributed by atoms with Crippen molar-refractivity contribution in [2.45, 2.75) is 6.92 Å². The average Bonchev–Trinajstić information content (AvgIpc) is 2.42. The van der Waals surface area contributed by atoms with Crippen LogP contribution in [0.3, 0.4) is 0 Å². The molecule has 3 heteroatoms. The lowest BCUT2D eigenvalue weighted by Crippen LogP contribution is -2.17. The normalized spacial score (nSPS) is 9.78. The molecule has 0 fully saturated rings. The molecule has 2 N–H and O–H groups in total. The van der Waals surface area contributed by atoms with E-state index < -0.39 is 0 Å². The molecule has 0 spiro atoms. The van der Waals surface area contributed by atoms with Crippen molar-refractivity contribution in [3.8, 4) is 6.07 Å². The van der Waals surface area contributed by atoms with E-state index in [1.54, 1.807) is 12.1 Å². The van der Waals surface area contributed by atoms with Gasteiger partial charge in [-0.25, -0.2) is 0 Å². The molecule has 3 nitrogen and oxygen atoms in total. The first kappa shape index (κ1) is 12.0. The van der Waals surface area contributed by atoms with E-state index in [4.69, 9.17) is 11.0 Å². The fourth-order valence-electron chi connectivity index (χ4n) is 1.97. The molecule has 0 amide bonds. The number of nitrogen functional groups attached to an aromatic ring is 1. The summed E-state index contributed by atoms with van der Waals surface area (Å²) < 4.78 is 0. The van der Waals surface area contributed by atoms with Crippen molar-refractivity contribution in [3.63, 3.8) is 0 Å². The van der Waals surface area contributed by atoms with Gasteiger partial charge in [0, 0.05) is 12.2 Å². The van der Waals surface area contributed by atoms with Gasteiger partial charge in [-0.05, 0) is 37.3 Å². The molecule has 18 heavy (non-hydrogen) atoms. The van der Waals surface area contributed by atoms with E-state index in [0.29, 0.717) is 11.3 Å². The van der Waals surface area contributed by atoms with Crippen LogP contribution in [0.15, 0.2) is 48.5 Å². The molecule has 0 unspecified atom stereocenters. The van der Waals surface area contributed by atoms with Crippen molar-refractivity contribution in [2.75, 3.05) is 17.2 Å². The Morgan fingerprint density at radius 3 is 2.44 bits per heavy atom. The maximum Gasteiger partial charge on any atom is 0.0992 e. The number of nitriles is 1. The minimum absolute atomic E-state index is 0.584. The third-order valence-electron chi connectivity index (χ3n) is 2.83. The average molecular weight is 237 g/mol. The van der Waals surface area contributed by atoms with Gasteiger partial charge in [0.25, 0.3) is 0 Å². The van der Waals surface area contributed by atoms with Crippen molar-refractivity contribution in [1.29, 1.82) is 5.26 Å². The van der Waals surface area contributed by atoms with E-state index >= 15 is 0 Å². The first-order chi connectivity index (χ1) is 8.76. The first-order valence-corrected chi connectivity index (χ1v) is 5.88. The molecular formula is C15H15N3. The Bertz CT molecular complexity index is 570. The summed E-state index contributed by atoms with van der Waals surface area (Å²) in [6, 6.07) is 17.6. The zero-order chi connectivity index (χ0) is 13.0. The van der Waals surface area contributed by atoms with Gasteiger partial charge >= 0.3 is 0 Å². The van der Waals surface area contributed by atoms with Crippen molar-refractivity contribution < 1.29 is 0 Å². The molecule has 0 heterocycles. The van der Waals surface area contributed by atoms with Gasteiger partial charge in [0.05, 0.1) is 23.0 Å². The molecule has 0 aromatic heterocycles. The number of hydrogen-bond donors (Lipinski definition) is 1. The number of nitrogens with two attached hydrogens (primary N) is 1. The number of para-hydroxylation sites is 1. The Hall–Kier alpha value is -2.47. The van der Waals surface area contributed by atoms with E-state index in [-0.39, 0.29) is 0 Å². The van der Waals surface area contributed by atoms with Gasteiger partial charge in [-0.3, -0.25) is 0 Å². The number of rotatable bonds is 3. The monoisotopic (exact) mass is 237 g/mol. The molecule has 0 bridgehead atoms. The third-order valence-corrected chi connectivity index (χ3v) is 2.83. The SMILES string of the molecule is CCN(c1ccccc1)c1ccc(C#N)cc1N. The van der Waals surface area contributed by atoms with Gasteiger partial charge < -0.3 is 10.6 Å². The van der Waals surface area contributed by atoms with Crippen molar-refractivity contribution in [3.05, 3.63) is 54.1 Å². The molecule has 2 aromatic rings. The van der Waals surface area contributed by atoms with Crippen LogP contribution in [-0.4, -0.2) is 6.54 Å². The summed E-state index contributed by atoms with van der Waals surface area (Å²) in [4.78, 5) is 2.12. The molecule has 0 aliphatic rings. The highest BCUT2D eigenvalue weighted by Gasteiger charge is 2.10. The molecule has 2 rings (SSSR count). The second-order valence-corrected chi connectivity index (χ2v) is 3.97. The summed E-state index contributed by atoms with van der Waals surface area (Å²) in [6.07, 6.45) is 0. The minimum Gasteiger partial charge on any atom is -0.397 e. The van der Waals surface area contributed by atoms with Gasteiger partial charge in [-0.1, -0.05) is 18.2 Å². The van der Waals surface area contributed by atoms with Crippen LogP contribution in [0.2, 0.25) is 0 Å². The molecular weight excluding hydrogens is 222 g/mol. The third kappa shape index (κ3) is 2.28. The van der Waals surface area contributed by atoms with Crippen LogP contribution in [0.5, 0.6) is 0 Å². The van der Waals surface area contributed by atoms with E-state index in [9.17, 15) is 0 Å². The highest BCUT2D eigenvalue weighted by molar-refractivity contribution is 5.75. The molecule has 0 aliphatic carbocycles. The summed E-state index contributed by atoms with van der Waals surface area (Å²) in [6.45, 7) is 2.89. The Morgan fingerprint density at radius 2 is 1.89 bits per heavy atom. The number of nitrogens with zero attached hydrogens (tertiary/aromatic N) is 2. The predicted octanol–water partition coefficient (Wildman–Crippen LogP) is 3.30. The Balaban J connectivity index is 2.43. The molecule has 0 radical (unpaired) electrons. The van der Waals surface area contributed by atoms with E-state index in [1.807, 2.05) is 36.4 Å². The fraction of sp³-hybridized carbons (Fsp3) is 0.133. The van der Waals surface area contributed by atoms with Crippen LogP contribution in [0, 0.1) is 11.3 Å². The lowest BCUT2D eigenvalue weighted by molar-refractivity contribution is 1.03. The van der Waals surface area contributed by atoms with Gasteiger partial charge in [0.2, 0.25) is 0 Å². The second-order valence-electron chi connectivity index (χ2n) is 3.97. The van der Waals surface area contributed by atoms with Crippen molar-refractivity contribution in [1.82, 2.24) is 0 Å². The highest BCUT2D eigenvalue weighted by atomic mass is 15.1. The summed E-state index contributed by atoms with van der Waals surface area (Å²) in [5.74, 6) is 0. The van der Waals surface area contributed by atoms with E-state index in [1.165, 1.54) is 0 Å². The topological polar surface area (TPSA) is 53.0 Å². The summed E-state index contributed by atoms with van der Waals surface area (Å²) >= 11 is 0. The van der Waals surface area contributed by atoms with Gasteiger partial charge in [-0.15, -0.1) is 0 Å². The lowest BCUT2D eigenvalue weighted by atomic mass is 10.1. The fourth-order valence-corrected chi connectivity index (χ4v) is 1.97. The Labute approximate surface area is 107 Å². The van der Waals surface area contributed by atoms with Crippen molar-refractivity contribution >= 4 is 17.1 Å². The van der Waals surface area contributed by atoms with Crippen LogP contribution in [-0.2, 0) is 0 Å². The molecule has 0 atom stereocenters. The zero-order valence-corrected chi connectivity index (χ0v) is 10.3. The molecule has 0 aliphatic heterocycles. The smallest absolute Gasteiger partial charge is 0.0992 e. The number of anilines is 3. The van der Waals surface area contributed by atoms with Gasteiger partial charge in [-0.2, -0.15) is 5.26 Å². The molecule has 90 valence electrons. The number of hydrogen-bond acceptors (Lipinski definition) is 3. The molecule has 0 saturated carbocycles. The first-order valence-electron chi connectivity index (χ1n) is 5.88. The predicted molar refractivity (Wildman–Crippen MR) is 74.7 cm³/mol. The van der Waals surface area contributed by atoms with E-state index in [0.717, 1.165) is 17.9 Å². The lowest BCUT2D eigenvalue weighted by Gasteiger charge is -2.24. The summed E-state index contributed by atoms with van der Waals surface area (Å²) in [5, 5.41) is 8.85. The van der Waals surface area contributed by atoms with Gasteiger partial charge in [0.1, 0.15) is 0 Å². The minimum atomic E-state index is 0.584. The molecule has 0 saturated heterocycles. The number of benzene rings is 2. The maximum absolute atomic E-state index is 8.85. The van der Waals surface area contributed by atoms with Crippen LogP contribution >= 0.6 is 0 Å². The van der Waals surface area contributed by atoms with Crippen LogP contribution in [0.1, 0.15) is 12.5 Å². The quantitative estimate of drug-likeness (QED) is 0.833. The standard InChI is InChI=1S/C15H15N3/c1-2-18(13-6-4-3-5-7-13)15-9-8-12(11-16)10-14(15)17/h3-10H,2,17H2,1H3. The summed E-state index contributed by atoms with van der Waals surface area (Å²) in [7, 11) is 0. The van der Waals surface area contributed by atoms with Crippen molar-refractivity contribution in [2.24, 2.45) is 0 Å². The Kier molecular flexibility index (Phi) is 3.49. The largest absolute Gasteiger partial charge is 0.397 e. The Morgan fingerprint density at radius 1 is 1.17 bits per heavy atom. The second kappa shape index (κ2) is 5.24. The summed E-state index contributed by atoms with van der Waals surface area (Å²) in [5.41, 5.74) is 9.25.